The summed E-state index contributed by atoms with van der Waals surface area (Å²) < 4.78 is 0. The lowest BCUT2D eigenvalue weighted by Crippen LogP contribution is -2.43. The fourth-order valence-corrected chi connectivity index (χ4v) is 5.67. The van der Waals surface area contributed by atoms with Gasteiger partial charge in [-0.3, -0.25) is 24.4 Å². The molecule has 36 heavy (non-hydrogen) atoms. The van der Waals surface area contributed by atoms with Gasteiger partial charge in [-0.25, -0.2) is 0 Å². The number of aromatic nitrogens is 2. The van der Waals surface area contributed by atoms with Crippen LogP contribution in [0.1, 0.15) is 59.3 Å². The summed E-state index contributed by atoms with van der Waals surface area (Å²) in [4.78, 5) is 43.8. The lowest BCUT2D eigenvalue weighted by molar-refractivity contribution is -0.143. The predicted octanol–water partition coefficient (Wildman–Crippen LogP) is 3.84. The van der Waals surface area contributed by atoms with Gasteiger partial charge in [-0.05, 0) is 54.9 Å². The van der Waals surface area contributed by atoms with Gasteiger partial charge in [-0.2, -0.15) is 5.10 Å². The number of aromatic amines is 1. The SMILES string of the molecule is Cc1ccccc1C1(CC(=O)N(C)Cc2n[nH]c3c2CCCC3)CC(=O)N(Cc2ccccc2)C1=O. The fraction of sp³-hybridized carbons (Fsp3) is 0.379. The van der Waals surface area contributed by atoms with Crippen molar-refractivity contribution in [3.8, 4) is 0 Å². The molecule has 3 amide bonds. The third-order valence-corrected chi connectivity index (χ3v) is 7.66. The van der Waals surface area contributed by atoms with Crippen molar-refractivity contribution in [3.63, 3.8) is 0 Å². The standard InChI is InChI=1S/C29H32N4O3/c1-20-10-6-8-14-23(20)29(17-27(35)33(28(29)36)18-21-11-4-3-5-12-21)16-26(34)32(2)19-25-22-13-7-9-15-24(22)30-31-25/h3-6,8,10-12,14H,7,9,13,15-19H2,1-2H3,(H,30,31). The number of hydrogen-bond acceptors (Lipinski definition) is 4. The Balaban J connectivity index is 1.43. The van der Waals surface area contributed by atoms with E-state index in [2.05, 4.69) is 10.2 Å². The molecule has 0 bridgehead atoms. The molecule has 1 unspecified atom stereocenters. The molecular weight excluding hydrogens is 452 g/mol. The van der Waals surface area contributed by atoms with Crippen molar-refractivity contribution in [2.45, 2.75) is 64.0 Å². The van der Waals surface area contributed by atoms with Crippen LogP contribution < -0.4 is 0 Å². The topological polar surface area (TPSA) is 86.4 Å². The maximum atomic E-state index is 14.0. The summed E-state index contributed by atoms with van der Waals surface area (Å²) in [7, 11) is 1.75. The van der Waals surface area contributed by atoms with Crippen LogP contribution in [0.15, 0.2) is 54.6 Å². The van der Waals surface area contributed by atoms with E-state index >= 15 is 0 Å². The molecule has 0 saturated carbocycles. The van der Waals surface area contributed by atoms with Crippen LogP contribution in [-0.4, -0.2) is 44.8 Å². The van der Waals surface area contributed by atoms with Crippen LogP contribution in [0.2, 0.25) is 0 Å². The van der Waals surface area contributed by atoms with Crippen molar-refractivity contribution in [3.05, 3.63) is 88.2 Å². The molecular formula is C29H32N4O3. The first-order valence-corrected chi connectivity index (χ1v) is 12.6. The van der Waals surface area contributed by atoms with Gasteiger partial charge in [0.2, 0.25) is 17.7 Å². The number of carbonyl (C=O) groups excluding carboxylic acids is 3. The quantitative estimate of drug-likeness (QED) is 0.516. The Morgan fingerprint density at radius 3 is 2.56 bits per heavy atom. The van der Waals surface area contributed by atoms with E-state index < -0.39 is 5.41 Å². The van der Waals surface area contributed by atoms with E-state index in [1.54, 1.807) is 11.9 Å². The van der Waals surface area contributed by atoms with Crippen LogP contribution in [0.25, 0.3) is 0 Å². The number of likely N-dealkylation sites (tertiary alicyclic amines) is 1. The number of nitrogens with one attached hydrogen (secondary N) is 1. The number of amides is 3. The van der Waals surface area contributed by atoms with Crippen molar-refractivity contribution in [2.24, 2.45) is 0 Å². The van der Waals surface area contributed by atoms with Gasteiger partial charge in [0.15, 0.2) is 0 Å². The number of imide groups is 1. The van der Waals surface area contributed by atoms with Crippen LogP contribution in [0.3, 0.4) is 0 Å². The number of benzene rings is 2. The minimum absolute atomic E-state index is 0.0130. The molecule has 0 radical (unpaired) electrons. The molecule has 1 aliphatic heterocycles. The van der Waals surface area contributed by atoms with Crippen LogP contribution in [0.4, 0.5) is 0 Å². The molecule has 1 aromatic heterocycles. The Morgan fingerprint density at radius 2 is 1.78 bits per heavy atom. The van der Waals surface area contributed by atoms with Gasteiger partial charge >= 0.3 is 0 Å². The van der Waals surface area contributed by atoms with Gasteiger partial charge in [0.1, 0.15) is 0 Å². The normalized spacial score (nSPS) is 19.4. The molecule has 2 aliphatic rings. The van der Waals surface area contributed by atoms with E-state index in [1.807, 2.05) is 61.5 Å². The zero-order valence-electron chi connectivity index (χ0n) is 20.9. The highest BCUT2D eigenvalue weighted by molar-refractivity contribution is 6.10. The summed E-state index contributed by atoms with van der Waals surface area (Å²) in [5.41, 5.74) is 4.59. The van der Waals surface area contributed by atoms with Crippen molar-refractivity contribution in [1.29, 1.82) is 0 Å². The number of H-pyrrole nitrogens is 1. The number of fused-ring (bicyclic) bond motifs is 1. The molecule has 0 spiro atoms. The largest absolute Gasteiger partial charge is 0.340 e. The van der Waals surface area contributed by atoms with Crippen LogP contribution >= 0.6 is 0 Å². The zero-order chi connectivity index (χ0) is 25.3. The molecule has 7 nitrogen and oxygen atoms in total. The third kappa shape index (κ3) is 4.34. The minimum atomic E-state index is -1.21. The number of carbonyl (C=O) groups is 3. The molecule has 186 valence electrons. The van der Waals surface area contributed by atoms with E-state index in [-0.39, 0.29) is 37.1 Å². The van der Waals surface area contributed by atoms with Crippen molar-refractivity contribution in [2.75, 3.05) is 7.05 Å². The smallest absolute Gasteiger partial charge is 0.241 e. The van der Waals surface area contributed by atoms with Crippen LogP contribution in [-0.2, 0) is 45.7 Å². The number of aryl methyl sites for hydroxylation is 2. The van der Waals surface area contributed by atoms with E-state index in [0.29, 0.717) is 6.54 Å². The molecule has 1 fully saturated rings. The average Bonchev–Trinajstić information content (AvgIpc) is 3.39. The van der Waals surface area contributed by atoms with Crippen molar-refractivity contribution < 1.29 is 14.4 Å². The Hall–Kier alpha value is -3.74. The maximum absolute atomic E-state index is 14.0. The average molecular weight is 485 g/mol. The minimum Gasteiger partial charge on any atom is -0.340 e. The zero-order valence-corrected chi connectivity index (χ0v) is 20.9. The molecule has 2 aromatic carbocycles. The van der Waals surface area contributed by atoms with Crippen LogP contribution in [0.5, 0.6) is 0 Å². The first-order valence-electron chi connectivity index (χ1n) is 12.6. The number of rotatable bonds is 7. The van der Waals surface area contributed by atoms with E-state index in [0.717, 1.165) is 48.1 Å². The van der Waals surface area contributed by atoms with Gasteiger partial charge < -0.3 is 4.90 Å². The predicted molar refractivity (Wildman–Crippen MR) is 136 cm³/mol. The second-order valence-electron chi connectivity index (χ2n) is 10.1. The molecule has 7 heteroatoms. The van der Waals surface area contributed by atoms with Crippen molar-refractivity contribution >= 4 is 17.7 Å². The van der Waals surface area contributed by atoms with E-state index in [4.69, 9.17) is 0 Å². The Morgan fingerprint density at radius 1 is 1.06 bits per heavy atom. The van der Waals surface area contributed by atoms with Gasteiger partial charge in [0, 0.05) is 25.6 Å². The van der Waals surface area contributed by atoms with E-state index in [9.17, 15) is 14.4 Å². The second kappa shape index (κ2) is 9.72. The lowest BCUT2D eigenvalue weighted by Gasteiger charge is -2.30. The highest BCUT2D eigenvalue weighted by Gasteiger charge is 2.54. The molecule has 3 aromatic rings. The monoisotopic (exact) mass is 484 g/mol. The van der Waals surface area contributed by atoms with Gasteiger partial charge in [0.25, 0.3) is 0 Å². The Labute approximate surface area is 211 Å². The summed E-state index contributed by atoms with van der Waals surface area (Å²) in [6, 6.07) is 17.1. The Kier molecular flexibility index (Phi) is 6.48. The molecule has 2 heterocycles. The first-order chi connectivity index (χ1) is 17.4. The highest BCUT2D eigenvalue weighted by Crippen LogP contribution is 2.42. The summed E-state index contributed by atoms with van der Waals surface area (Å²) >= 11 is 0. The molecule has 5 rings (SSSR count). The number of hydrogen-bond donors (Lipinski definition) is 1. The first kappa shape index (κ1) is 24.0. The van der Waals surface area contributed by atoms with Gasteiger partial charge in [-0.15, -0.1) is 0 Å². The Bertz CT molecular complexity index is 1300. The number of nitrogens with zero attached hydrogens (tertiary/aromatic N) is 3. The molecule has 1 saturated heterocycles. The lowest BCUT2D eigenvalue weighted by atomic mass is 9.74. The molecule has 1 N–H and O–H groups in total. The second-order valence-corrected chi connectivity index (χ2v) is 10.1. The van der Waals surface area contributed by atoms with Crippen molar-refractivity contribution in [1.82, 2.24) is 20.0 Å². The van der Waals surface area contributed by atoms with Gasteiger partial charge in [0.05, 0.1) is 24.2 Å². The van der Waals surface area contributed by atoms with Gasteiger partial charge in [-0.1, -0.05) is 54.6 Å². The fourth-order valence-electron chi connectivity index (χ4n) is 5.67. The molecule has 1 atom stereocenters. The highest BCUT2D eigenvalue weighted by atomic mass is 16.2. The molecule has 1 aliphatic carbocycles. The summed E-state index contributed by atoms with van der Waals surface area (Å²) in [6.07, 6.45) is 4.17. The summed E-state index contributed by atoms with van der Waals surface area (Å²) in [5.74, 6) is -0.720. The summed E-state index contributed by atoms with van der Waals surface area (Å²) in [6.45, 7) is 2.51. The third-order valence-electron chi connectivity index (χ3n) is 7.66. The summed E-state index contributed by atoms with van der Waals surface area (Å²) in [5, 5.41) is 7.61. The maximum Gasteiger partial charge on any atom is 0.241 e. The van der Waals surface area contributed by atoms with E-state index in [1.165, 1.54) is 16.2 Å². The van der Waals surface area contributed by atoms with Crippen LogP contribution in [0, 0.1) is 6.92 Å².